The quantitative estimate of drug-likeness (QED) is 0.0851. The van der Waals surface area contributed by atoms with Crippen LogP contribution in [0, 0.1) is 0 Å². The molecule has 4 aromatic rings. The number of nitrogen functional groups attached to an aromatic ring is 1. The lowest BCUT2D eigenvalue weighted by molar-refractivity contribution is -0.0639. The van der Waals surface area contributed by atoms with Crippen LogP contribution in [0.25, 0.3) is 22.2 Å². The number of anilines is 1. The fourth-order valence-corrected chi connectivity index (χ4v) is 6.45. The highest BCUT2D eigenvalue weighted by atomic mass is 31.2. The van der Waals surface area contributed by atoms with Crippen LogP contribution < -0.4 is 11.3 Å². The third-order valence-electron chi connectivity index (χ3n) is 6.99. The predicted octanol–water partition coefficient (Wildman–Crippen LogP) is -2.68. The molecule has 0 aliphatic carbocycles. The number of aliphatic hydroxyl groups is 3. The van der Waals surface area contributed by atoms with Crippen molar-refractivity contribution in [3.63, 3.8) is 0 Å². The second-order valence-corrected chi connectivity index (χ2v) is 11.8. The van der Waals surface area contributed by atoms with Crippen LogP contribution >= 0.6 is 16.1 Å². The molecule has 0 aromatic carbocycles. The first-order valence-electron chi connectivity index (χ1n) is 12.7. The molecule has 2 fully saturated rings. The van der Waals surface area contributed by atoms with Crippen LogP contribution in [0.3, 0.4) is 0 Å². The summed E-state index contributed by atoms with van der Waals surface area (Å²) in [5.41, 5.74) is 5.59. The van der Waals surface area contributed by atoms with Gasteiger partial charge in [0.25, 0.3) is 5.56 Å². The number of imidazole rings is 1. The van der Waals surface area contributed by atoms with Gasteiger partial charge in [0.15, 0.2) is 29.6 Å². The standard InChI is InChI=1S/C20H25N9O13P2/c21-15-10-17(24-4-22-15)28(6-26-10)19-12(32)13(41-43(34)35)9(40-19)3-38-44(36,37)42-14-11(31)8(2-30)39-20(14)29-16-7(1-27-29)18(33)25-5-23-16/h1,4-6,8-9,11-14,19-20,30-32,43H,2-3H2,(H,34,35)(H,36,37)(H2,21,22,24)(H,23,25,33)/t8-,9-,11-,12-,13-,14-,19-,20-/m1/s1. The van der Waals surface area contributed by atoms with Crippen LogP contribution in [0.5, 0.6) is 0 Å². The third-order valence-corrected chi connectivity index (χ3v) is 8.45. The van der Waals surface area contributed by atoms with Gasteiger partial charge in [0.1, 0.15) is 53.9 Å². The monoisotopic (exact) mass is 661 g/mol. The number of nitrogens with zero attached hydrogens (tertiary/aromatic N) is 7. The highest BCUT2D eigenvalue weighted by Crippen LogP contribution is 2.50. The Kier molecular flexibility index (Phi) is 8.34. The van der Waals surface area contributed by atoms with Crippen LogP contribution in [0.2, 0.25) is 0 Å². The number of aromatic amines is 1. The van der Waals surface area contributed by atoms with E-state index in [2.05, 4.69) is 30.0 Å². The number of fused-ring (bicyclic) bond motifs is 2. The van der Waals surface area contributed by atoms with Crippen molar-refractivity contribution >= 4 is 44.1 Å². The molecule has 238 valence electrons. The summed E-state index contributed by atoms with van der Waals surface area (Å²) in [5.74, 6) is 0.0400. The Hall–Kier alpha value is -3.24. The second-order valence-electron chi connectivity index (χ2n) is 9.62. The number of aromatic nitrogens is 8. The lowest BCUT2D eigenvalue weighted by Gasteiger charge is -2.25. The number of rotatable bonds is 10. The van der Waals surface area contributed by atoms with Crippen LogP contribution in [-0.4, -0.2) is 114 Å². The van der Waals surface area contributed by atoms with E-state index in [4.69, 9.17) is 28.8 Å². The van der Waals surface area contributed by atoms with Gasteiger partial charge in [-0.25, -0.2) is 29.2 Å². The first-order chi connectivity index (χ1) is 21.0. The van der Waals surface area contributed by atoms with E-state index in [9.17, 15) is 39.0 Å². The van der Waals surface area contributed by atoms with E-state index in [1.54, 1.807) is 0 Å². The van der Waals surface area contributed by atoms with Crippen molar-refractivity contribution in [1.29, 1.82) is 0 Å². The number of hydrogen-bond acceptors (Lipinski definition) is 17. The number of H-pyrrole nitrogens is 1. The Morgan fingerprint density at radius 1 is 1.09 bits per heavy atom. The summed E-state index contributed by atoms with van der Waals surface area (Å²) >= 11 is 0. The summed E-state index contributed by atoms with van der Waals surface area (Å²) in [6, 6.07) is 0. The average molecular weight is 661 g/mol. The zero-order valence-corrected chi connectivity index (χ0v) is 23.9. The van der Waals surface area contributed by atoms with E-state index >= 15 is 0 Å². The smallest absolute Gasteiger partial charge is 0.394 e. The minimum Gasteiger partial charge on any atom is -0.394 e. The average Bonchev–Trinajstić information content (AvgIpc) is 3.74. The number of nitrogens with one attached hydrogen (secondary N) is 1. The fourth-order valence-electron chi connectivity index (χ4n) is 4.99. The Balaban J connectivity index is 1.22. The van der Waals surface area contributed by atoms with Crippen molar-refractivity contribution in [3.05, 3.63) is 35.5 Å². The molecular weight excluding hydrogens is 636 g/mol. The van der Waals surface area contributed by atoms with Gasteiger partial charge in [0.2, 0.25) is 0 Å². The van der Waals surface area contributed by atoms with Crippen molar-refractivity contribution in [2.45, 2.75) is 49.1 Å². The van der Waals surface area contributed by atoms with Crippen molar-refractivity contribution in [1.82, 2.24) is 39.3 Å². The molecule has 0 radical (unpaired) electrons. The molecular formula is C20H25N9O13P2. The molecule has 0 bridgehead atoms. The van der Waals surface area contributed by atoms with Crippen molar-refractivity contribution in [3.8, 4) is 0 Å². The van der Waals surface area contributed by atoms with E-state index in [0.29, 0.717) is 0 Å². The Morgan fingerprint density at radius 3 is 2.61 bits per heavy atom. The Bertz CT molecular complexity index is 1800. The Morgan fingerprint density at radius 2 is 1.86 bits per heavy atom. The molecule has 4 aromatic heterocycles. The number of phosphoric ester groups is 1. The van der Waals surface area contributed by atoms with Gasteiger partial charge in [0.05, 0.1) is 32.1 Å². The van der Waals surface area contributed by atoms with E-state index < -0.39 is 83.9 Å². The molecule has 2 saturated heterocycles. The largest absolute Gasteiger partial charge is 0.472 e. The molecule has 0 spiro atoms. The summed E-state index contributed by atoms with van der Waals surface area (Å²) in [5, 5.41) is 35.4. The van der Waals surface area contributed by atoms with Gasteiger partial charge in [-0.15, -0.1) is 0 Å². The number of hydrogen-bond donors (Lipinski definition) is 7. The zero-order valence-electron chi connectivity index (χ0n) is 22.0. The molecule has 2 aliphatic heterocycles. The van der Waals surface area contributed by atoms with Gasteiger partial charge >= 0.3 is 16.1 Å². The molecule has 0 amide bonds. The van der Waals surface area contributed by atoms with E-state index in [1.165, 1.54) is 10.9 Å². The van der Waals surface area contributed by atoms with Gasteiger partial charge in [-0.3, -0.25) is 23.0 Å². The van der Waals surface area contributed by atoms with Crippen LogP contribution in [0.4, 0.5) is 5.82 Å². The molecule has 2 aliphatic rings. The lowest BCUT2D eigenvalue weighted by atomic mass is 10.1. The summed E-state index contributed by atoms with van der Waals surface area (Å²) in [4.78, 5) is 50.5. The zero-order chi connectivity index (χ0) is 31.3. The number of ether oxygens (including phenoxy) is 2. The molecule has 6 heterocycles. The van der Waals surface area contributed by atoms with Gasteiger partial charge in [-0.1, -0.05) is 0 Å². The van der Waals surface area contributed by atoms with Gasteiger partial charge in [-0.05, 0) is 0 Å². The van der Waals surface area contributed by atoms with Crippen molar-refractivity contribution in [2.75, 3.05) is 18.9 Å². The van der Waals surface area contributed by atoms with Gasteiger partial charge in [0, 0.05) is 0 Å². The number of phosphoric acid groups is 1. The normalized spacial score (nSPS) is 31.1. The van der Waals surface area contributed by atoms with Crippen LogP contribution in [-0.2, 0) is 32.2 Å². The summed E-state index contributed by atoms with van der Waals surface area (Å²) < 4.78 is 53.6. The highest BCUT2D eigenvalue weighted by Gasteiger charge is 2.51. The minimum absolute atomic E-state index is 0.00974. The predicted molar refractivity (Wildman–Crippen MR) is 142 cm³/mol. The fraction of sp³-hybridized carbons (Fsp3) is 0.500. The highest BCUT2D eigenvalue weighted by molar-refractivity contribution is 7.47. The molecule has 0 saturated carbocycles. The maximum absolute atomic E-state index is 13.1. The topological polar surface area (TPSA) is 315 Å². The van der Waals surface area contributed by atoms with E-state index in [1.807, 2.05) is 0 Å². The molecule has 10 atom stereocenters. The van der Waals surface area contributed by atoms with E-state index in [-0.39, 0.29) is 28.0 Å². The Labute approximate surface area is 244 Å². The maximum Gasteiger partial charge on any atom is 0.472 e. The molecule has 24 heteroatoms. The van der Waals surface area contributed by atoms with Crippen molar-refractivity contribution in [2.24, 2.45) is 0 Å². The minimum atomic E-state index is -5.14. The second kappa shape index (κ2) is 11.9. The molecule has 8 N–H and O–H groups in total. The molecule has 2 unspecified atom stereocenters. The molecule has 6 rings (SSSR count). The third kappa shape index (κ3) is 5.55. The van der Waals surface area contributed by atoms with Gasteiger partial charge < -0.3 is 49.8 Å². The van der Waals surface area contributed by atoms with Crippen molar-refractivity contribution < 1.29 is 57.3 Å². The first kappa shape index (κ1) is 30.8. The first-order valence-corrected chi connectivity index (χ1v) is 15.4. The maximum atomic E-state index is 13.1. The number of nitrogens with two attached hydrogens (primary N) is 1. The molecule has 44 heavy (non-hydrogen) atoms. The summed E-state index contributed by atoms with van der Waals surface area (Å²) in [7, 11) is -8.80. The lowest BCUT2D eigenvalue weighted by Crippen LogP contribution is -2.36. The van der Waals surface area contributed by atoms with E-state index in [0.717, 1.165) is 23.5 Å². The van der Waals surface area contributed by atoms with Crippen LogP contribution in [0.1, 0.15) is 12.5 Å². The summed E-state index contributed by atoms with van der Waals surface area (Å²) in [6.45, 7) is -1.54. The molecule has 22 nitrogen and oxygen atoms in total. The summed E-state index contributed by atoms with van der Waals surface area (Å²) in [6.07, 6.45) is -7.39. The number of aliphatic hydroxyl groups excluding tert-OH is 3. The SMILES string of the molecule is Nc1ncnc2c1ncn2[C@@H]1O[C@H](COP(=O)(O)O[C@@H]2[C@H](O)[C@@H](CO)O[C@H]2n2ncc3c(=O)[nH]cnc32)[C@@H](O[PH](=O)O)[C@H]1O. The van der Waals surface area contributed by atoms with Gasteiger partial charge in [-0.2, -0.15) is 5.10 Å². The van der Waals surface area contributed by atoms with Crippen LogP contribution in [0.15, 0.2) is 30.0 Å².